The van der Waals surface area contributed by atoms with Gasteiger partial charge in [-0.2, -0.15) is 0 Å². The fourth-order valence-electron chi connectivity index (χ4n) is 3.87. The second-order valence-electron chi connectivity index (χ2n) is 7.80. The van der Waals surface area contributed by atoms with Crippen molar-refractivity contribution in [3.05, 3.63) is 41.5 Å². The van der Waals surface area contributed by atoms with Crippen molar-refractivity contribution >= 4 is 5.78 Å². The van der Waals surface area contributed by atoms with Crippen LogP contribution in [0.2, 0.25) is 0 Å². The number of hydrogen-bond donors (Lipinski definition) is 6. The quantitative estimate of drug-likeness (QED) is 0.351. The first-order chi connectivity index (χ1) is 15.7. The van der Waals surface area contributed by atoms with E-state index < -0.39 is 54.9 Å². The molecule has 2 aromatic rings. The number of carbonyl (C=O) groups is 1. The Balaban J connectivity index is 1.60. The number of aliphatic hydroxyl groups excluding tert-OH is 4. The van der Waals surface area contributed by atoms with Crippen LogP contribution in [0.1, 0.15) is 28.4 Å². The summed E-state index contributed by atoms with van der Waals surface area (Å²) in [5, 5.41) is 59.7. The third-order valence-electron chi connectivity index (χ3n) is 5.65. The van der Waals surface area contributed by atoms with E-state index in [1.807, 2.05) is 0 Å². The molecule has 0 bridgehead atoms. The lowest BCUT2D eigenvalue weighted by Crippen LogP contribution is -2.60. The summed E-state index contributed by atoms with van der Waals surface area (Å²) in [5.74, 6) is -0.733. The van der Waals surface area contributed by atoms with Gasteiger partial charge in [-0.1, -0.05) is 6.07 Å². The number of benzene rings is 2. The summed E-state index contributed by atoms with van der Waals surface area (Å²) in [5.41, 5.74) is 0.456. The number of ketones is 1. The zero-order valence-electron chi connectivity index (χ0n) is 17.5. The summed E-state index contributed by atoms with van der Waals surface area (Å²) < 4.78 is 21.7. The molecule has 11 nitrogen and oxygen atoms in total. The van der Waals surface area contributed by atoms with Crippen molar-refractivity contribution < 1.29 is 54.4 Å². The van der Waals surface area contributed by atoms with Crippen molar-refractivity contribution in [3.63, 3.8) is 0 Å². The van der Waals surface area contributed by atoms with Gasteiger partial charge in [0.1, 0.15) is 53.3 Å². The SMILES string of the molecule is COc1ccc([C@@H]2CC(=O)c3c(O)cc(O[C@@H]4OC(CO)[C@@H](O)[C@H](O)[C@H]4O)cc3O2)cc1O. The van der Waals surface area contributed by atoms with Gasteiger partial charge >= 0.3 is 0 Å². The number of Topliss-reactive ketones (excluding diaryl/α,β-unsaturated/α-hetero) is 1. The Labute approximate surface area is 188 Å². The summed E-state index contributed by atoms with van der Waals surface area (Å²) in [7, 11) is 1.41. The number of phenolic OH excluding ortho intramolecular Hbond substituents is 2. The Morgan fingerprint density at radius 3 is 2.45 bits per heavy atom. The molecule has 0 amide bonds. The number of phenols is 2. The van der Waals surface area contributed by atoms with Crippen LogP contribution in [0.4, 0.5) is 0 Å². The molecule has 6 N–H and O–H groups in total. The van der Waals surface area contributed by atoms with Gasteiger partial charge in [-0.15, -0.1) is 0 Å². The summed E-state index contributed by atoms with van der Waals surface area (Å²) in [6.07, 6.45) is -8.35. The predicted molar refractivity (Wildman–Crippen MR) is 109 cm³/mol. The van der Waals surface area contributed by atoms with Crippen LogP contribution in [-0.2, 0) is 4.74 Å². The lowest BCUT2D eigenvalue weighted by molar-refractivity contribution is -0.277. The van der Waals surface area contributed by atoms with Gasteiger partial charge < -0.3 is 49.6 Å². The molecule has 4 rings (SSSR count). The van der Waals surface area contributed by atoms with Gasteiger partial charge in [-0.05, 0) is 17.7 Å². The van der Waals surface area contributed by atoms with Crippen LogP contribution >= 0.6 is 0 Å². The zero-order chi connectivity index (χ0) is 23.9. The minimum atomic E-state index is -1.65. The molecule has 2 aromatic carbocycles. The van der Waals surface area contributed by atoms with Crippen LogP contribution in [0.25, 0.3) is 0 Å². The summed E-state index contributed by atoms with van der Waals surface area (Å²) in [6, 6.07) is 7.01. The lowest BCUT2D eigenvalue weighted by Gasteiger charge is -2.39. The highest BCUT2D eigenvalue weighted by atomic mass is 16.7. The molecule has 0 spiro atoms. The van der Waals surface area contributed by atoms with Crippen molar-refractivity contribution in [2.45, 2.75) is 43.2 Å². The van der Waals surface area contributed by atoms with E-state index in [1.165, 1.54) is 25.3 Å². The van der Waals surface area contributed by atoms with Gasteiger partial charge in [-0.25, -0.2) is 0 Å². The highest BCUT2D eigenvalue weighted by molar-refractivity contribution is 6.02. The minimum absolute atomic E-state index is 0.00569. The molecular formula is C22H24O11. The lowest BCUT2D eigenvalue weighted by atomic mass is 9.95. The topological polar surface area (TPSA) is 175 Å². The summed E-state index contributed by atoms with van der Waals surface area (Å²) in [6.45, 7) is -0.631. The van der Waals surface area contributed by atoms with E-state index in [9.17, 15) is 35.4 Å². The Hall–Kier alpha value is -3.09. The molecule has 2 aliphatic rings. The van der Waals surface area contributed by atoms with E-state index in [4.69, 9.17) is 18.9 Å². The number of carbonyl (C=O) groups excluding carboxylic acids is 1. The van der Waals surface area contributed by atoms with E-state index in [0.717, 1.165) is 6.07 Å². The van der Waals surface area contributed by atoms with Crippen LogP contribution in [-0.4, -0.2) is 80.8 Å². The third kappa shape index (κ3) is 4.28. The van der Waals surface area contributed by atoms with Gasteiger partial charge in [0.15, 0.2) is 17.3 Å². The Bertz CT molecular complexity index is 1040. The van der Waals surface area contributed by atoms with Crippen molar-refractivity contribution in [3.8, 4) is 28.7 Å². The van der Waals surface area contributed by atoms with Crippen molar-refractivity contribution in [1.82, 2.24) is 0 Å². The molecule has 2 aliphatic heterocycles. The van der Waals surface area contributed by atoms with Crippen LogP contribution < -0.4 is 14.2 Å². The molecule has 1 saturated heterocycles. The number of aliphatic hydroxyl groups is 4. The monoisotopic (exact) mass is 464 g/mol. The fraction of sp³-hybridized carbons (Fsp3) is 0.409. The highest BCUT2D eigenvalue weighted by Crippen LogP contribution is 2.43. The van der Waals surface area contributed by atoms with Crippen molar-refractivity contribution in [1.29, 1.82) is 0 Å². The average molecular weight is 464 g/mol. The normalized spacial score (nSPS) is 29.2. The van der Waals surface area contributed by atoms with Crippen LogP contribution in [0, 0.1) is 0 Å². The second-order valence-corrected chi connectivity index (χ2v) is 7.80. The molecule has 33 heavy (non-hydrogen) atoms. The smallest absolute Gasteiger partial charge is 0.229 e. The molecule has 178 valence electrons. The van der Waals surface area contributed by atoms with E-state index in [1.54, 1.807) is 6.07 Å². The zero-order valence-corrected chi connectivity index (χ0v) is 17.5. The van der Waals surface area contributed by atoms with Crippen LogP contribution in [0.3, 0.4) is 0 Å². The largest absolute Gasteiger partial charge is 0.507 e. The van der Waals surface area contributed by atoms with Gasteiger partial charge in [0.25, 0.3) is 0 Å². The first kappa shape index (κ1) is 23.1. The number of aromatic hydroxyl groups is 2. The third-order valence-corrected chi connectivity index (χ3v) is 5.65. The minimum Gasteiger partial charge on any atom is -0.507 e. The molecule has 11 heteroatoms. The van der Waals surface area contributed by atoms with Crippen LogP contribution in [0.5, 0.6) is 28.7 Å². The maximum atomic E-state index is 12.7. The molecule has 1 unspecified atom stereocenters. The van der Waals surface area contributed by atoms with Crippen molar-refractivity contribution in [2.75, 3.05) is 13.7 Å². The standard InChI is InChI=1S/C22H24O11/c1-30-14-3-2-9(4-11(14)24)15-7-13(26)18-12(25)5-10(6-16(18)32-15)31-22-21(29)20(28)19(27)17(8-23)33-22/h2-6,15,17,19-25,27-29H,7-8H2,1H3/t15-,17?,19+,20-,21+,22+/m0/s1. The first-order valence-electron chi connectivity index (χ1n) is 10.1. The first-order valence-corrected chi connectivity index (χ1v) is 10.1. The Morgan fingerprint density at radius 1 is 1.03 bits per heavy atom. The molecule has 1 fully saturated rings. The van der Waals surface area contributed by atoms with Gasteiger partial charge in [0.2, 0.25) is 6.29 Å². The van der Waals surface area contributed by atoms with Crippen molar-refractivity contribution in [2.24, 2.45) is 0 Å². The molecule has 2 heterocycles. The predicted octanol–water partition coefficient (Wildman–Crippen LogP) is -0.00840. The highest BCUT2D eigenvalue weighted by Gasteiger charge is 2.45. The molecule has 0 aromatic heterocycles. The number of hydrogen-bond acceptors (Lipinski definition) is 11. The van der Waals surface area contributed by atoms with Gasteiger partial charge in [-0.3, -0.25) is 4.79 Å². The Kier molecular flexibility index (Phi) is 6.32. The number of methoxy groups -OCH3 is 1. The number of fused-ring (bicyclic) bond motifs is 1. The molecule has 0 saturated carbocycles. The maximum absolute atomic E-state index is 12.7. The van der Waals surface area contributed by atoms with Gasteiger partial charge in [0, 0.05) is 12.1 Å². The molecule has 0 aliphatic carbocycles. The molecule has 0 radical (unpaired) electrons. The van der Waals surface area contributed by atoms with E-state index in [-0.39, 0.29) is 35.0 Å². The van der Waals surface area contributed by atoms with Gasteiger partial charge in [0.05, 0.1) is 20.1 Å². The molecular weight excluding hydrogens is 440 g/mol. The second kappa shape index (κ2) is 9.04. The van der Waals surface area contributed by atoms with Crippen LogP contribution in [0.15, 0.2) is 30.3 Å². The Morgan fingerprint density at radius 2 is 1.79 bits per heavy atom. The summed E-state index contributed by atoms with van der Waals surface area (Å²) >= 11 is 0. The number of ether oxygens (including phenoxy) is 4. The number of rotatable bonds is 5. The maximum Gasteiger partial charge on any atom is 0.229 e. The van der Waals surface area contributed by atoms with E-state index >= 15 is 0 Å². The molecule has 6 atom stereocenters. The van der Waals surface area contributed by atoms with E-state index in [2.05, 4.69) is 0 Å². The fourth-order valence-corrected chi connectivity index (χ4v) is 3.87. The van der Waals surface area contributed by atoms with E-state index in [0.29, 0.717) is 5.56 Å². The average Bonchev–Trinajstić information content (AvgIpc) is 2.78. The summed E-state index contributed by atoms with van der Waals surface area (Å²) in [4.78, 5) is 12.7.